The van der Waals surface area contributed by atoms with Gasteiger partial charge in [0.25, 0.3) is 0 Å². The van der Waals surface area contributed by atoms with E-state index in [2.05, 4.69) is 4.90 Å². The average molecular weight is 452 g/mol. The summed E-state index contributed by atoms with van der Waals surface area (Å²) < 4.78 is 7.22. The number of benzene rings is 1. The van der Waals surface area contributed by atoms with Crippen LogP contribution in [-0.4, -0.2) is 35.6 Å². The van der Waals surface area contributed by atoms with E-state index < -0.39 is 0 Å². The summed E-state index contributed by atoms with van der Waals surface area (Å²) in [5.74, 6) is 1.61. The summed E-state index contributed by atoms with van der Waals surface area (Å²) in [6.45, 7) is 2.02. The molecule has 0 amide bonds. The highest BCUT2D eigenvalue weighted by atomic mass is 127. The third kappa shape index (κ3) is 5.32. The highest BCUT2D eigenvalue weighted by molar-refractivity contribution is 14.0. The molecule has 6 heteroatoms. The third-order valence-electron chi connectivity index (χ3n) is 4.18. The second-order valence-electron chi connectivity index (χ2n) is 5.94. The van der Waals surface area contributed by atoms with E-state index in [9.17, 15) is 0 Å². The van der Waals surface area contributed by atoms with Crippen LogP contribution < -0.4 is 10.2 Å². The minimum Gasteiger partial charge on any atom is -0.497 e. The van der Waals surface area contributed by atoms with Gasteiger partial charge in [-0.2, -0.15) is 4.99 Å². The Labute approximate surface area is 166 Å². The molecule has 1 aromatic carbocycles. The van der Waals surface area contributed by atoms with Crippen LogP contribution in [0, 0.1) is 0 Å². The van der Waals surface area contributed by atoms with E-state index in [1.165, 1.54) is 19.3 Å². The lowest BCUT2D eigenvalue weighted by molar-refractivity contribution is 0.338. The maximum Gasteiger partial charge on any atom is 0.227 e. The van der Waals surface area contributed by atoms with Gasteiger partial charge in [-0.15, -0.1) is 24.0 Å². The Morgan fingerprint density at radius 1 is 1.00 bits per heavy atom. The van der Waals surface area contributed by atoms with Gasteiger partial charge in [-0.3, -0.25) is 0 Å². The second-order valence-corrected chi connectivity index (χ2v) is 5.94. The molecule has 1 aromatic heterocycles. The zero-order valence-corrected chi connectivity index (χ0v) is 17.1. The number of nitrogens with zero attached hydrogens (tertiary/aromatic N) is 4. The number of rotatable bonds is 2. The van der Waals surface area contributed by atoms with Gasteiger partial charge in [0.2, 0.25) is 5.96 Å². The Bertz CT molecular complexity index is 761. The van der Waals surface area contributed by atoms with Gasteiger partial charge in [-0.1, -0.05) is 6.07 Å². The molecule has 0 aliphatic carbocycles. The zero-order valence-electron chi connectivity index (χ0n) is 14.8. The molecular formula is C19H25IN4O. The molecular weight excluding hydrogens is 427 g/mol. The van der Waals surface area contributed by atoms with Gasteiger partial charge in [0, 0.05) is 26.3 Å². The van der Waals surface area contributed by atoms with E-state index in [1.807, 2.05) is 60.3 Å². The number of hydrogen-bond donors (Lipinski definition) is 0. The fourth-order valence-electron chi connectivity index (χ4n) is 2.77. The molecule has 0 radical (unpaired) electrons. The summed E-state index contributed by atoms with van der Waals surface area (Å²) in [6, 6.07) is 13.8. The number of aromatic nitrogens is 1. The lowest BCUT2D eigenvalue weighted by atomic mass is 10.1. The van der Waals surface area contributed by atoms with Gasteiger partial charge in [0.1, 0.15) is 11.2 Å². The van der Waals surface area contributed by atoms with Gasteiger partial charge in [-0.05, 0) is 55.7 Å². The molecule has 3 rings (SSSR count). The number of halogens is 1. The van der Waals surface area contributed by atoms with E-state index in [-0.39, 0.29) is 24.0 Å². The average Bonchev–Trinajstić information content (AvgIpc) is 2.64. The van der Waals surface area contributed by atoms with Gasteiger partial charge in [0.05, 0.1) is 12.8 Å². The van der Waals surface area contributed by atoms with Crippen molar-refractivity contribution in [3.8, 4) is 5.75 Å². The first-order valence-electron chi connectivity index (χ1n) is 8.40. The smallest absolute Gasteiger partial charge is 0.227 e. The van der Waals surface area contributed by atoms with Crippen LogP contribution in [0.5, 0.6) is 5.75 Å². The molecule has 0 spiro atoms. The first-order valence-corrected chi connectivity index (χ1v) is 8.40. The number of pyridine rings is 1. The Morgan fingerprint density at radius 3 is 2.36 bits per heavy atom. The van der Waals surface area contributed by atoms with Gasteiger partial charge < -0.3 is 14.2 Å². The van der Waals surface area contributed by atoms with Gasteiger partial charge in [-0.25, -0.2) is 4.99 Å². The Balaban J connectivity index is 0.00000225. The predicted octanol–water partition coefficient (Wildman–Crippen LogP) is 3.73. The molecule has 0 atom stereocenters. The molecule has 2 aromatic rings. The normalized spacial score (nSPS) is 15.7. The van der Waals surface area contributed by atoms with Crippen molar-refractivity contribution in [3.63, 3.8) is 0 Å². The van der Waals surface area contributed by atoms with Crippen LogP contribution in [0.3, 0.4) is 0 Å². The van der Waals surface area contributed by atoms with Crippen molar-refractivity contribution in [2.45, 2.75) is 19.3 Å². The van der Waals surface area contributed by atoms with Crippen LogP contribution in [0.2, 0.25) is 0 Å². The Kier molecular flexibility index (Phi) is 7.49. The van der Waals surface area contributed by atoms with Crippen molar-refractivity contribution in [2.75, 3.05) is 20.2 Å². The number of aryl methyl sites for hydroxylation is 1. The lowest BCUT2D eigenvalue weighted by Crippen LogP contribution is -2.36. The summed E-state index contributed by atoms with van der Waals surface area (Å²) in [6.07, 6.45) is 5.67. The number of ether oxygens (including phenoxy) is 1. The molecule has 1 fully saturated rings. The highest BCUT2D eigenvalue weighted by Crippen LogP contribution is 2.19. The Morgan fingerprint density at radius 2 is 1.72 bits per heavy atom. The molecule has 5 nitrogen and oxygen atoms in total. The van der Waals surface area contributed by atoms with E-state index >= 15 is 0 Å². The number of piperidine rings is 1. The second kappa shape index (κ2) is 9.60. The fourth-order valence-corrected chi connectivity index (χ4v) is 2.77. The summed E-state index contributed by atoms with van der Waals surface area (Å²) in [5.41, 5.74) is 1.79. The van der Waals surface area contributed by atoms with E-state index in [1.54, 1.807) is 7.11 Å². The number of guanidine groups is 1. The largest absolute Gasteiger partial charge is 0.497 e. The summed E-state index contributed by atoms with van der Waals surface area (Å²) in [4.78, 5) is 11.9. The third-order valence-corrected chi connectivity index (χ3v) is 4.18. The van der Waals surface area contributed by atoms with E-state index in [0.29, 0.717) is 0 Å². The van der Waals surface area contributed by atoms with Crippen LogP contribution >= 0.6 is 24.0 Å². The first kappa shape index (κ1) is 19.5. The van der Waals surface area contributed by atoms with E-state index in [0.717, 1.165) is 36.0 Å². The maximum absolute atomic E-state index is 5.22. The molecule has 0 bridgehead atoms. The van der Waals surface area contributed by atoms with Crippen molar-refractivity contribution in [2.24, 2.45) is 17.0 Å². The van der Waals surface area contributed by atoms with Crippen molar-refractivity contribution in [1.82, 2.24) is 9.47 Å². The number of methoxy groups -OCH3 is 1. The van der Waals surface area contributed by atoms with E-state index in [4.69, 9.17) is 14.7 Å². The molecule has 1 aliphatic rings. The monoisotopic (exact) mass is 452 g/mol. The molecule has 0 saturated carbocycles. The van der Waals surface area contributed by atoms with Crippen LogP contribution in [-0.2, 0) is 7.05 Å². The number of likely N-dealkylation sites (tertiary alicyclic amines) is 1. The first-order chi connectivity index (χ1) is 11.8. The molecule has 0 N–H and O–H groups in total. The molecule has 2 heterocycles. The number of aliphatic imine (C=N–C) groups is 1. The molecule has 1 saturated heterocycles. The lowest BCUT2D eigenvalue weighted by Gasteiger charge is -2.27. The van der Waals surface area contributed by atoms with Crippen LogP contribution in [0.4, 0.5) is 5.69 Å². The molecule has 1 aliphatic heterocycles. The molecule has 25 heavy (non-hydrogen) atoms. The summed E-state index contributed by atoms with van der Waals surface area (Å²) in [5, 5.41) is 0. The van der Waals surface area contributed by atoms with Crippen molar-refractivity contribution < 1.29 is 4.74 Å². The topological polar surface area (TPSA) is 42.1 Å². The van der Waals surface area contributed by atoms with Crippen molar-refractivity contribution >= 4 is 35.6 Å². The quantitative estimate of drug-likeness (QED) is 0.396. The van der Waals surface area contributed by atoms with Crippen LogP contribution in [0.15, 0.2) is 58.6 Å². The minimum atomic E-state index is 0. The standard InChI is InChI=1S/C19H24N4O.HI/c1-22-13-7-4-8-18(22)21-19(23-14-5-3-6-15-23)20-16-9-11-17(24-2)12-10-16;/h4,7-13H,3,5-6,14-15H2,1-2H3;1H. The maximum atomic E-state index is 5.22. The zero-order chi connectivity index (χ0) is 16.8. The fraction of sp³-hybridized carbons (Fsp3) is 0.368. The predicted molar refractivity (Wildman–Crippen MR) is 112 cm³/mol. The van der Waals surface area contributed by atoms with Crippen molar-refractivity contribution in [3.05, 3.63) is 54.1 Å². The molecule has 0 unspecified atom stereocenters. The van der Waals surface area contributed by atoms with Crippen molar-refractivity contribution in [1.29, 1.82) is 0 Å². The van der Waals surface area contributed by atoms with Gasteiger partial charge >= 0.3 is 0 Å². The van der Waals surface area contributed by atoms with Crippen LogP contribution in [0.1, 0.15) is 19.3 Å². The Hall–Kier alpha value is -1.83. The number of hydrogen-bond acceptors (Lipinski definition) is 2. The summed E-state index contributed by atoms with van der Waals surface area (Å²) >= 11 is 0. The van der Waals surface area contributed by atoms with Crippen LogP contribution in [0.25, 0.3) is 0 Å². The minimum absolute atomic E-state index is 0. The highest BCUT2D eigenvalue weighted by Gasteiger charge is 2.14. The summed E-state index contributed by atoms with van der Waals surface area (Å²) in [7, 11) is 3.67. The molecule has 134 valence electrons. The SMILES string of the molecule is COc1ccc(N=C(N=c2ccccn2C)N2CCCCC2)cc1.I. The van der Waals surface area contributed by atoms with Gasteiger partial charge in [0.15, 0.2) is 0 Å².